The Bertz CT molecular complexity index is 204. The summed E-state index contributed by atoms with van der Waals surface area (Å²) in [5.74, 6) is -0.0831. The van der Waals surface area contributed by atoms with E-state index >= 15 is 0 Å². The van der Waals surface area contributed by atoms with E-state index in [2.05, 4.69) is 13.8 Å². The van der Waals surface area contributed by atoms with Gasteiger partial charge in [0.1, 0.15) is 6.61 Å². The van der Waals surface area contributed by atoms with E-state index in [1.807, 2.05) is 0 Å². The molecule has 0 N–H and O–H groups in total. The molecule has 0 aromatic heterocycles. The quantitative estimate of drug-likeness (QED) is 0.603. The molecule has 1 heterocycles. The van der Waals surface area contributed by atoms with E-state index < -0.39 is 0 Å². The van der Waals surface area contributed by atoms with Gasteiger partial charge in [-0.15, -0.1) is 0 Å². The lowest BCUT2D eigenvalue weighted by molar-refractivity contribution is -0.136. The maximum atomic E-state index is 11.2. The van der Waals surface area contributed by atoms with Crippen LogP contribution in [0.25, 0.3) is 0 Å². The minimum atomic E-state index is -0.0831. The third kappa shape index (κ3) is 1.87. The lowest BCUT2D eigenvalue weighted by Gasteiger charge is -1.98. The molecule has 1 aliphatic heterocycles. The second-order valence-electron chi connectivity index (χ2n) is 3.16. The smallest absolute Gasteiger partial charge is 0.334 e. The number of cyclic esters (lactones) is 1. The Hall–Kier alpha value is -0.790. The number of ether oxygens (including phenoxy) is 1. The van der Waals surface area contributed by atoms with Crippen LogP contribution in [0.5, 0.6) is 0 Å². The van der Waals surface area contributed by atoms with Crippen LogP contribution in [-0.2, 0) is 9.53 Å². The van der Waals surface area contributed by atoms with Crippen molar-refractivity contribution in [2.24, 2.45) is 0 Å². The molecule has 68 valence electrons. The number of hydrogen-bond acceptors (Lipinski definition) is 2. The zero-order valence-corrected chi connectivity index (χ0v) is 7.85. The van der Waals surface area contributed by atoms with Crippen LogP contribution in [0.3, 0.4) is 0 Å². The van der Waals surface area contributed by atoms with E-state index in [-0.39, 0.29) is 5.97 Å². The maximum absolute atomic E-state index is 11.2. The van der Waals surface area contributed by atoms with Crippen molar-refractivity contribution in [2.75, 3.05) is 6.61 Å². The van der Waals surface area contributed by atoms with E-state index in [0.717, 1.165) is 31.3 Å². The van der Waals surface area contributed by atoms with Crippen LogP contribution in [-0.4, -0.2) is 12.6 Å². The van der Waals surface area contributed by atoms with Gasteiger partial charge in [0.05, 0.1) is 0 Å². The first kappa shape index (κ1) is 9.30. The number of carbonyl (C=O) groups excluding carboxylic acids is 1. The Morgan fingerprint density at radius 2 is 1.92 bits per heavy atom. The summed E-state index contributed by atoms with van der Waals surface area (Å²) < 4.78 is 4.97. The summed E-state index contributed by atoms with van der Waals surface area (Å²) in [6.45, 7) is 4.75. The predicted molar refractivity (Wildman–Crippen MR) is 47.8 cm³/mol. The lowest BCUT2D eigenvalue weighted by atomic mass is 10.0. The van der Waals surface area contributed by atoms with E-state index in [0.29, 0.717) is 6.61 Å². The van der Waals surface area contributed by atoms with Gasteiger partial charge in [0.2, 0.25) is 0 Å². The molecule has 0 saturated carbocycles. The molecule has 0 aliphatic carbocycles. The van der Waals surface area contributed by atoms with Gasteiger partial charge in [0, 0.05) is 5.57 Å². The summed E-state index contributed by atoms with van der Waals surface area (Å²) in [5, 5.41) is 0. The van der Waals surface area contributed by atoms with Gasteiger partial charge in [-0.3, -0.25) is 0 Å². The molecule has 12 heavy (non-hydrogen) atoms. The normalized spacial score (nSPS) is 17.0. The van der Waals surface area contributed by atoms with Gasteiger partial charge < -0.3 is 4.74 Å². The van der Waals surface area contributed by atoms with E-state index in [1.165, 1.54) is 5.57 Å². The van der Waals surface area contributed by atoms with Crippen LogP contribution in [0.4, 0.5) is 0 Å². The zero-order chi connectivity index (χ0) is 8.97. The highest BCUT2D eigenvalue weighted by molar-refractivity contribution is 5.91. The van der Waals surface area contributed by atoms with Gasteiger partial charge in [0.15, 0.2) is 0 Å². The van der Waals surface area contributed by atoms with Crippen LogP contribution >= 0.6 is 0 Å². The Kier molecular flexibility index (Phi) is 3.32. The van der Waals surface area contributed by atoms with Crippen LogP contribution in [0.2, 0.25) is 0 Å². The Labute approximate surface area is 73.6 Å². The molecule has 1 aliphatic rings. The molecule has 1 rings (SSSR count). The van der Waals surface area contributed by atoms with E-state index in [9.17, 15) is 4.79 Å². The summed E-state index contributed by atoms with van der Waals surface area (Å²) in [6, 6.07) is 0. The van der Waals surface area contributed by atoms with Gasteiger partial charge in [0.25, 0.3) is 0 Å². The molecule has 0 saturated heterocycles. The van der Waals surface area contributed by atoms with Crippen molar-refractivity contribution in [3.8, 4) is 0 Å². The van der Waals surface area contributed by atoms with Gasteiger partial charge >= 0.3 is 5.97 Å². The summed E-state index contributed by atoms with van der Waals surface area (Å²) >= 11 is 0. The van der Waals surface area contributed by atoms with Crippen molar-refractivity contribution >= 4 is 5.97 Å². The van der Waals surface area contributed by atoms with Crippen molar-refractivity contribution in [3.05, 3.63) is 11.1 Å². The summed E-state index contributed by atoms with van der Waals surface area (Å²) in [4.78, 5) is 11.2. The summed E-state index contributed by atoms with van der Waals surface area (Å²) in [7, 11) is 0. The third-order valence-corrected chi connectivity index (χ3v) is 2.10. The topological polar surface area (TPSA) is 26.3 Å². The van der Waals surface area contributed by atoms with Gasteiger partial charge in [-0.1, -0.05) is 26.7 Å². The largest absolute Gasteiger partial charge is 0.458 e. The van der Waals surface area contributed by atoms with Crippen LogP contribution < -0.4 is 0 Å². The third-order valence-electron chi connectivity index (χ3n) is 2.10. The predicted octanol–water partition coefficient (Wildman–Crippen LogP) is 2.44. The molecule has 0 radical (unpaired) electrons. The van der Waals surface area contributed by atoms with Gasteiger partial charge in [-0.25, -0.2) is 4.79 Å². The second-order valence-corrected chi connectivity index (χ2v) is 3.16. The number of hydrogen-bond donors (Lipinski definition) is 0. The van der Waals surface area contributed by atoms with Crippen molar-refractivity contribution in [2.45, 2.75) is 39.5 Å². The van der Waals surface area contributed by atoms with E-state index in [4.69, 9.17) is 4.74 Å². The highest BCUT2D eigenvalue weighted by Gasteiger charge is 2.22. The standard InChI is InChI=1S/C10H16O2/c1-3-5-8-7-12-10(11)9(8)6-4-2/h3-7H2,1-2H3. The van der Waals surface area contributed by atoms with Crippen LogP contribution in [0.15, 0.2) is 11.1 Å². The minimum absolute atomic E-state index is 0.0831. The maximum Gasteiger partial charge on any atom is 0.334 e. The molecule has 0 spiro atoms. The highest BCUT2D eigenvalue weighted by Crippen LogP contribution is 2.23. The first-order valence-corrected chi connectivity index (χ1v) is 4.67. The molecular formula is C10H16O2. The van der Waals surface area contributed by atoms with Gasteiger partial charge in [-0.2, -0.15) is 0 Å². The molecule has 0 aromatic rings. The summed E-state index contributed by atoms with van der Waals surface area (Å²) in [6.07, 6.45) is 4.02. The monoisotopic (exact) mass is 168 g/mol. The molecule has 0 unspecified atom stereocenters. The Balaban J connectivity index is 2.67. The molecule has 0 atom stereocenters. The van der Waals surface area contributed by atoms with Crippen molar-refractivity contribution in [1.82, 2.24) is 0 Å². The average molecular weight is 168 g/mol. The Morgan fingerprint density at radius 3 is 2.50 bits per heavy atom. The van der Waals surface area contributed by atoms with Crippen molar-refractivity contribution in [1.29, 1.82) is 0 Å². The Morgan fingerprint density at radius 1 is 1.25 bits per heavy atom. The molecular weight excluding hydrogens is 152 g/mol. The summed E-state index contributed by atoms with van der Waals surface area (Å²) in [5.41, 5.74) is 2.17. The minimum Gasteiger partial charge on any atom is -0.458 e. The molecule has 0 amide bonds. The van der Waals surface area contributed by atoms with Gasteiger partial charge in [-0.05, 0) is 18.4 Å². The average Bonchev–Trinajstić information content (AvgIpc) is 2.37. The molecule has 2 heteroatoms. The number of esters is 1. The molecule has 0 aromatic carbocycles. The molecule has 0 bridgehead atoms. The first-order chi connectivity index (χ1) is 5.79. The van der Waals surface area contributed by atoms with E-state index in [1.54, 1.807) is 0 Å². The SMILES string of the molecule is CCCC1=C(CCC)C(=O)OC1. The first-order valence-electron chi connectivity index (χ1n) is 4.67. The molecule has 2 nitrogen and oxygen atoms in total. The van der Waals surface area contributed by atoms with Crippen molar-refractivity contribution < 1.29 is 9.53 Å². The highest BCUT2D eigenvalue weighted by atomic mass is 16.5. The fraction of sp³-hybridized carbons (Fsp3) is 0.700. The second kappa shape index (κ2) is 4.29. The molecule has 0 fully saturated rings. The lowest BCUT2D eigenvalue weighted by Crippen LogP contribution is -1.98. The number of carbonyl (C=O) groups is 1. The van der Waals surface area contributed by atoms with Crippen LogP contribution in [0.1, 0.15) is 39.5 Å². The fourth-order valence-corrected chi connectivity index (χ4v) is 1.52. The fourth-order valence-electron chi connectivity index (χ4n) is 1.52. The van der Waals surface area contributed by atoms with Crippen molar-refractivity contribution in [3.63, 3.8) is 0 Å². The number of rotatable bonds is 4. The van der Waals surface area contributed by atoms with Crippen LogP contribution in [0, 0.1) is 0 Å². The zero-order valence-electron chi connectivity index (χ0n) is 7.85.